The molecule has 9 heteroatoms. The summed E-state index contributed by atoms with van der Waals surface area (Å²) in [5, 5.41) is 10.4. The molecule has 3 rings (SSSR count). The van der Waals surface area contributed by atoms with Gasteiger partial charge in [-0.05, 0) is 25.1 Å². The van der Waals surface area contributed by atoms with Crippen LogP contribution in [0.2, 0.25) is 15.2 Å². The molecule has 0 spiro atoms. The third kappa shape index (κ3) is 3.99. The van der Waals surface area contributed by atoms with E-state index in [1.54, 1.807) is 35.8 Å². The fraction of sp³-hybridized carbons (Fsp3) is 0.105. The predicted octanol–water partition coefficient (Wildman–Crippen LogP) is 5.38. The highest BCUT2D eigenvalue weighted by Gasteiger charge is 2.23. The fourth-order valence-corrected chi connectivity index (χ4v) is 3.18. The quantitative estimate of drug-likeness (QED) is 0.540. The molecule has 0 aliphatic rings. The SMILES string of the molecule is CCn1c(Oc2cccc(Cl)n2)cc(=O)c(C(=O)O)c1-c1ccc(Cl)c(Cl)c1. The van der Waals surface area contributed by atoms with Crippen molar-refractivity contribution in [2.75, 3.05) is 0 Å². The highest BCUT2D eigenvalue weighted by molar-refractivity contribution is 6.42. The molecular formula is C19H13Cl3N2O4. The number of halogens is 3. The topological polar surface area (TPSA) is 81.4 Å². The molecule has 0 amide bonds. The predicted molar refractivity (Wildman–Crippen MR) is 108 cm³/mol. The van der Waals surface area contributed by atoms with Crippen molar-refractivity contribution < 1.29 is 14.6 Å². The average Bonchev–Trinajstić information content (AvgIpc) is 2.63. The van der Waals surface area contributed by atoms with Gasteiger partial charge in [0.05, 0.1) is 15.7 Å². The number of benzene rings is 1. The van der Waals surface area contributed by atoms with E-state index in [1.807, 2.05) is 0 Å². The van der Waals surface area contributed by atoms with Gasteiger partial charge < -0.3 is 14.4 Å². The zero-order chi connectivity index (χ0) is 20.4. The monoisotopic (exact) mass is 438 g/mol. The van der Waals surface area contributed by atoms with Crippen molar-refractivity contribution in [1.29, 1.82) is 0 Å². The van der Waals surface area contributed by atoms with E-state index in [0.29, 0.717) is 17.1 Å². The van der Waals surface area contributed by atoms with Gasteiger partial charge >= 0.3 is 5.97 Å². The molecule has 0 saturated carbocycles. The zero-order valence-corrected chi connectivity index (χ0v) is 16.7. The maximum Gasteiger partial charge on any atom is 0.341 e. The molecule has 28 heavy (non-hydrogen) atoms. The van der Waals surface area contributed by atoms with E-state index in [2.05, 4.69) is 4.98 Å². The Morgan fingerprint density at radius 1 is 1.14 bits per heavy atom. The van der Waals surface area contributed by atoms with Crippen molar-refractivity contribution in [2.24, 2.45) is 0 Å². The minimum atomic E-state index is -1.36. The molecule has 0 fully saturated rings. The van der Waals surface area contributed by atoms with Gasteiger partial charge in [-0.25, -0.2) is 9.78 Å². The summed E-state index contributed by atoms with van der Waals surface area (Å²) in [7, 11) is 0. The summed E-state index contributed by atoms with van der Waals surface area (Å²) < 4.78 is 7.28. The Bertz CT molecular complexity index is 1130. The van der Waals surface area contributed by atoms with E-state index in [0.717, 1.165) is 6.07 Å². The molecule has 0 saturated heterocycles. The molecule has 6 nitrogen and oxygen atoms in total. The van der Waals surface area contributed by atoms with Crippen LogP contribution < -0.4 is 10.2 Å². The molecule has 0 radical (unpaired) electrons. The fourth-order valence-electron chi connectivity index (χ4n) is 2.73. The van der Waals surface area contributed by atoms with Crippen LogP contribution in [-0.2, 0) is 6.54 Å². The molecule has 2 aromatic heterocycles. The summed E-state index contributed by atoms with van der Waals surface area (Å²) >= 11 is 17.9. The third-order valence-corrected chi connectivity index (χ3v) is 4.85. The summed E-state index contributed by atoms with van der Waals surface area (Å²) in [6.45, 7) is 2.10. The molecule has 2 heterocycles. The number of hydrogen-bond acceptors (Lipinski definition) is 4. The molecule has 3 aromatic rings. The smallest absolute Gasteiger partial charge is 0.341 e. The summed E-state index contributed by atoms with van der Waals surface area (Å²) in [6, 6.07) is 10.5. The van der Waals surface area contributed by atoms with Crippen LogP contribution in [0.4, 0.5) is 0 Å². The van der Waals surface area contributed by atoms with Crippen molar-refractivity contribution in [3.8, 4) is 23.0 Å². The second kappa shape index (κ2) is 8.22. The molecule has 144 valence electrons. The van der Waals surface area contributed by atoms with Crippen molar-refractivity contribution in [3.63, 3.8) is 0 Å². The number of ether oxygens (including phenoxy) is 1. The Morgan fingerprint density at radius 2 is 1.89 bits per heavy atom. The number of carboxylic acid groups (broad SMARTS) is 1. The first-order chi connectivity index (χ1) is 13.3. The lowest BCUT2D eigenvalue weighted by molar-refractivity contribution is 0.0695. The first-order valence-corrected chi connectivity index (χ1v) is 9.22. The number of carboxylic acids is 1. The summed E-state index contributed by atoms with van der Waals surface area (Å²) in [5.41, 5.74) is -0.546. The van der Waals surface area contributed by atoms with E-state index in [-0.39, 0.29) is 27.6 Å². The van der Waals surface area contributed by atoms with E-state index in [4.69, 9.17) is 39.5 Å². The largest absolute Gasteiger partial charge is 0.477 e. The summed E-state index contributed by atoms with van der Waals surface area (Å²) in [6.07, 6.45) is 0. The molecule has 0 unspecified atom stereocenters. The lowest BCUT2D eigenvalue weighted by Crippen LogP contribution is -2.21. The van der Waals surface area contributed by atoms with Crippen LogP contribution in [0.25, 0.3) is 11.3 Å². The van der Waals surface area contributed by atoms with E-state index >= 15 is 0 Å². The summed E-state index contributed by atoms with van der Waals surface area (Å²) in [5.74, 6) is -1.08. The lowest BCUT2D eigenvalue weighted by Gasteiger charge is -2.19. The van der Waals surface area contributed by atoms with E-state index in [1.165, 1.54) is 12.1 Å². The number of rotatable bonds is 5. The van der Waals surface area contributed by atoms with Gasteiger partial charge in [-0.3, -0.25) is 4.79 Å². The van der Waals surface area contributed by atoms with Crippen molar-refractivity contribution in [1.82, 2.24) is 9.55 Å². The van der Waals surface area contributed by atoms with Crippen LogP contribution in [0.15, 0.2) is 47.3 Å². The molecule has 0 aliphatic carbocycles. The second-order valence-corrected chi connectivity index (χ2v) is 6.85. The Labute approximate surface area is 174 Å². The van der Waals surface area contributed by atoms with Crippen LogP contribution in [-0.4, -0.2) is 20.6 Å². The average molecular weight is 440 g/mol. The van der Waals surface area contributed by atoms with Crippen molar-refractivity contribution in [2.45, 2.75) is 13.5 Å². The Kier molecular flexibility index (Phi) is 5.93. The number of aromatic carboxylic acids is 1. The standard InChI is InChI=1S/C19H13Cl3N2O4/c1-2-24-16(28-15-5-3-4-14(22)23-15)9-13(25)17(19(26)27)18(24)10-6-7-11(20)12(21)8-10/h3-9H,2H2,1H3,(H,26,27). The lowest BCUT2D eigenvalue weighted by atomic mass is 10.0. The number of hydrogen-bond donors (Lipinski definition) is 1. The van der Waals surface area contributed by atoms with Crippen LogP contribution in [0, 0.1) is 0 Å². The highest BCUT2D eigenvalue weighted by atomic mass is 35.5. The van der Waals surface area contributed by atoms with E-state index in [9.17, 15) is 14.7 Å². The molecule has 0 aliphatic heterocycles. The normalized spacial score (nSPS) is 10.7. The zero-order valence-electron chi connectivity index (χ0n) is 14.4. The van der Waals surface area contributed by atoms with Crippen LogP contribution >= 0.6 is 34.8 Å². The molecule has 0 atom stereocenters. The first kappa shape index (κ1) is 20.2. The van der Waals surface area contributed by atoms with Gasteiger partial charge in [-0.2, -0.15) is 0 Å². The van der Waals surface area contributed by atoms with Gasteiger partial charge in [0, 0.05) is 24.2 Å². The Hall–Kier alpha value is -2.54. The number of nitrogens with zero attached hydrogens (tertiary/aromatic N) is 2. The molecule has 1 aromatic carbocycles. The summed E-state index contributed by atoms with van der Waals surface area (Å²) in [4.78, 5) is 28.4. The van der Waals surface area contributed by atoms with Crippen molar-refractivity contribution in [3.05, 3.63) is 73.4 Å². The highest BCUT2D eigenvalue weighted by Crippen LogP contribution is 2.33. The molecule has 1 N–H and O–H groups in total. The first-order valence-electron chi connectivity index (χ1n) is 8.08. The van der Waals surface area contributed by atoms with Gasteiger partial charge in [0.25, 0.3) is 0 Å². The third-order valence-electron chi connectivity index (χ3n) is 3.90. The van der Waals surface area contributed by atoms with Gasteiger partial charge in [0.1, 0.15) is 10.7 Å². The van der Waals surface area contributed by atoms with Crippen LogP contribution in [0.3, 0.4) is 0 Å². The second-order valence-electron chi connectivity index (χ2n) is 5.65. The van der Waals surface area contributed by atoms with Crippen LogP contribution in [0.1, 0.15) is 17.3 Å². The number of carbonyl (C=O) groups is 1. The van der Waals surface area contributed by atoms with Crippen molar-refractivity contribution >= 4 is 40.8 Å². The maximum atomic E-state index is 12.6. The van der Waals surface area contributed by atoms with Gasteiger partial charge in [-0.15, -0.1) is 0 Å². The van der Waals surface area contributed by atoms with Gasteiger partial charge in [-0.1, -0.05) is 46.9 Å². The number of aromatic nitrogens is 2. The molecular weight excluding hydrogens is 427 g/mol. The Balaban J connectivity index is 2.28. The molecule has 0 bridgehead atoms. The minimum Gasteiger partial charge on any atom is -0.477 e. The Morgan fingerprint density at radius 3 is 2.50 bits per heavy atom. The van der Waals surface area contributed by atoms with Gasteiger partial charge in [0.2, 0.25) is 17.2 Å². The van der Waals surface area contributed by atoms with Gasteiger partial charge in [0.15, 0.2) is 0 Å². The van der Waals surface area contributed by atoms with Crippen LogP contribution in [0.5, 0.6) is 11.8 Å². The minimum absolute atomic E-state index is 0.119. The maximum absolute atomic E-state index is 12.6. The van der Waals surface area contributed by atoms with E-state index < -0.39 is 17.0 Å². The number of pyridine rings is 2.